The van der Waals surface area contributed by atoms with Crippen molar-refractivity contribution in [3.8, 4) is 0 Å². The van der Waals surface area contributed by atoms with Gasteiger partial charge in [-0.3, -0.25) is 15.0 Å². The minimum atomic E-state index is -0.506. The zero-order valence-corrected chi connectivity index (χ0v) is 17.4. The van der Waals surface area contributed by atoms with Gasteiger partial charge >= 0.3 is 6.03 Å². The van der Waals surface area contributed by atoms with Crippen LogP contribution in [-0.2, 0) is 4.79 Å². The normalized spacial score (nSPS) is 16.8. The van der Waals surface area contributed by atoms with Gasteiger partial charge in [0.1, 0.15) is 5.01 Å². The third-order valence-corrected chi connectivity index (χ3v) is 6.46. The predicted octanol–water partition coefficient (Wildman–Crippen LogP) is 4.40. The molecule has 0 bridgehead atoms. The maximum atomic E-state index is 12.4. The Morgan fingerprint density at radius 1 is 1.17 bits per heavy atom. The van der Waals surface area contributed by atoms with E-state index in [4.69, 9.17) is 4.98 Å². The van der Waals surface area contributed by atoms with Crippen molar-refractivity contribution < 1.29 is 9.59 Å². The molecule has 150 valence electrons. The Hall–Kier alpha value is -2.77. The first kappa shape index (κ1) is 19.5. The number of aryl methyl sites for hydroxylation is 2. The van der Waals surface area contributed by atoms with E-state index < -0.39 is 6.03 Å². The third kappa shape index (κ3) is 4.46. The SMILES string of the molecule is Cc1ccc(NC(=O)NC(=O)CN2CCC[C@H]2c2nc3ccccc3s2)cc1C. The largest absolute Gasteiger partial charge is 0.325 e. The maximum absolute atomic E-state index is 12.4. The molecule has 1 saturated heterocycles. The molecule has 0 aliphatic carbocycles. The number of para-hydroxylation sites is 1. The molecular weight excluding hydrogens is 384 g/mol. The number of fused-ring (bicyclic) bond motifs is 1. The maximum Gasteiger partial charge on any atom is 0.325 e. The van der Waals surface area contributed by atoms with Crippen molar-refractivity contribution in [2.75, 3.05) is 18.4 Å². The third-order valence-electron chi connectivity index (χ3n) is 5.32. The van der Waals surface area contributed by atoms with Crippen LogP contribution < -0.4 is 10.6 Å². The molecule has 4 rings (SSSR count). The van der Waals surface area contributed by atoms with Crippen LogP contribution in [0.3, 0.4) is 0 Å². The van der Waals surface area contributed by atoms with Crippen molar-refractivity contribution in [2.45, 2.75) is 32.7 Å². The van der Waals surface area contributed by atoms with Crippen LogP contribution in [0.25, 0.3) is 10.2 Å². The molecule has 6 nitrogen and oxygen atoms in total. The molecule has 3 amide bonds. The number of hydrogen-bond donors (Lipinski definition) is 2. The lowest BCUT2D eigenvalue weighted by Crippen LogP contribution is -2.41. The Morgan fingerprint density at radius 2 is 2.00 bits per heavy atom. The first-order valence-electron chi connectivity index (χ1n) is 9.77. The lowest BCUT2D eigenvalue weighted by molar-refractivity contribution is -0.121. The van der Waals surface area contributed by atoms with E-state index >= 15 is 0 Å². The number of nitrogens with one attached hydrogen (secondary N) is 2. The number of nitrogens with zero attached hydrogens (tertiary/aromatic N) is 2. The van der Waals surface area contributed by atoms with E-state index in [-0.39, 0.29) is 18.5 Å². The Labute approximate surface area is 173 Å². The molecule has 0 saturated carbocycles. The van der Waals surface area contributed by atoms with Gasteiger partial charge in [0, 0.05) is 5.69 Å². The number of thiazole rings is 1. The van der Waals surface area contributed by atoms with E-state index in [1.807, 2.05) is 50.2 Å². The zero-order valence-electron chi connectivity index (χ0n) is 16.6. The van der Waals surface area contributed by atoms with Crippen molar-refractivity contribution in [1.82, 2.24) is 15.2 Å². The number of rotatable bonds is 4. The van der Waals surface area contributed by atoms with E-state index in [1.165, 1.54) is 0 Å². The van der Waals surface area contributed by atoms with E-state index in [2.05, 4.69) is 21.6 Å². The van der Waals surface area contributed by atoms with Crippen LogP contribution in [0.15, 0.2) is 42.5 Å². The van der Waals surface area contributed by atoms with Crippen molar-refractivity contribution in [3.63, 3.8) is 0 Å². The molecule has 0 unspecified atom stereocenters. The fourth-order valence-corrected chi connectivity index (χ4v) is 4.80. The monoisotopic (exact) mass is 408 g/mol. The van der Waals surface area contributed by atoms with Crippen LogP contribution in [-0.4, -0.2) is 34.9 Å². The van der Waals surface area contributed by atoms with Crippen LogP contribution in [0.2, 0.25) is 0 Å². The minimum Gasteiger partial charge on any atom is -0.308 e. The van der Waals surface area contributed by atoms with E-state index in [1.54, 1.807) is 11.3 Å². The smallest absolute Gasteiger partial charge is 0.308 e. The van der Waals surface area contributed by atoms with Crippen molar-refractivity contribution in [2.24, 2.45) is 0 Å². The Balaban J connectivity index is 1.36. The molecule has 1 aliphatic heterocycles. The summed E-state index contributed by atoms with van der Waals surface area (Å²) in [6.07, 6.45) is 1.99. The van der Waals surface area contributed by atoms with Crippen LogP contribution >= 0.6 is 11.3 Å². The highest BCUT2D eigenvalue weighted by Gasteiger charge is 2.30. The summed E-state index contributed by atoms with van der Waals surface area (Å²) < 4.78 is 1.16. The number of benzene rings is 2. The first-order valence-corrected chi connectivity index (χ1v) is 10.6. The molecule has 29 heavy (non-hydrogen) atoms. The molecule has 0 spiro atoms. The Bertz CT molecular complexity index is 1030. The second kappa shape index (κ2) is 8.31. The summed E-state index contributed by atoms with van der Waals surface area (Å²) in [5.41, 5.74) is 3.91. The van der Waals surface area contributed by atoms with Crippen molar-refractivity contribution in [3.05, 3.63) is 58.6 Å². The number of carbonyl (C=O) groups is 2. The van der Waals surface area contributed by atoms with Gasteiger partial charge in [-0.25, -0.2) is 9.78 Å². The van der Waals surface area contributed by atoms with Crippen LogP contribution in [0, 0.1) is 13.8 Å². The lowest BCUT2D eigenvalue weighted by atomic mass is 10.1. The fourth-order valence-electron chi connectivity index (χ4n) is 3.66. The number of urea groups is 1. The number of hydrogen-bond acceptors (Lipinski definition) is 5. The van der Waals surface area contributed by atoms with Crippen LogP contribution in [0.1, 0.15) is 35.0 Å². The summed E-state index contributed by atoms with van der Waals surface area (Å²) >= 11 is 1.68. The summed E-state index contributed by atoms with van der Waals surface area (Å²) in [7, 11) is 0. The van der Waals surface area contributed by atoms with Crippen molar-refractivity contribution >= 4 is 39.2 Å². The molecule has 1 fully saturated rings. The first-order chi connectivity index (χ1) is 14.0. The van der Waals surface area contributed by atoms with Gasteiger partial charge in [0.05, 0.1) is 22.8 Å². The predicted molar refractivity (Wildman–Crippen MR) is 116 cm³/mol. The number of carbonyl (C=O) groups excluding carboxylic acids is 2. The van der Waals surface area contributed by atoms with E-state index in [0.717, 1.165) is 45.7 Å². The number of amides is 3. The second-order valence-corrected chi connectivity index (χ2v) is 8.51. The molecule has 1 atom stereocenters. The highest BCUT2D eigenvalue weighted by atomic mass is 32.1. The molecule has 2 aromatic carbocycles. The fraction of sp³-hybridized carbons (Fsp3) is 0.318. The van der Waals surface area contributed by atoms with Gasteiger partial charge in [-0.05, 0) is 68.6 Å². The summed E-state index contributed by atoms with van der Waals surface area (Å²) in [6.45, 7) is 5.01. The van der Waals surface area contributed by atoms with Gasteiger partial charge in [-0.15, -0.1) is 11.3 Å². The number of aromatic nitrogens is 1. The van der Waals surface area contributed by atoms with Gasteiger partial charge in [0.25, 0.3) is 0 Å². The quantitative estimate of drug-likeness (QED) is 0.671. The van der Waals surface area contributed by atoms with E-state index in [0.29, 0.717) is 5.69 Å². The minimum absolute atomic E-state index is 0.126. The summed E-state index contributed by atoms with van der Waals surface area (Å²) in [5.74, 6) is -0.306. The molecule has 2 N–H and O–H groups in total. The molecule has 2 heterocycles. The van der Waals surface area contributed by atoms with Gasteiger partial charge < -0.3 is 5.32 Å². The summed E-state index contributed by atoms with van der Waals surface area (Å²) in [6, 6.07) is 13.4. The molecule has 7 heteroatoms. The number of anilines is 1. The molecule has 3 aromatic rings. The Kier molecular flexibility index (Phi) is 5.60. The molecular formula is C22H24N4O2S. The average molecular weight is 409 g/mol. The number of imide groups is 1. The zero-order chi connectivity index (χ0) is 20.4. The van der Waals surface area contributed by atoms with Gasteiger partial charge in [0.2, 0.25) is 5.91 Å². The van der Waals surface area contributed by atoms with Gasteiger partial charge in [-0.1, -0.05) is 18.2 Å². The highest BCUT2D eigenvalue weighted by Crippen LogP contribution is 2.36. The Morgan fingerprint density at radius 3 is 2.79 bits per heavy atom. The van der Waals surface area contributed by atoms with Crippen LogP contribution in [0.4, 0.5) is 10.5 Å². The average Bonchev–Trinajstić information content (AvgIpc) is 3.30. The van der Waals surface area contributed by atoms with Gasteiger partial charge in [-0.2, -0.15) is 0 Å². The van der Waals surface area contributed by atoms with Gasteiger partial charge in [0.15, 0.2) is 0 Å². The molecule has 1 aromatic heterocycles. The van der Waals surface area contributed by atoms with E-state index in [9.17, 15) is 9.59 Å². The molecule has 1 aliphatic rings. The molecule has 0 radical (unpaired) electrons. The standard InChI is InChI=1S/C22H24N4O2S/c1-14-9-10-16(12-15(14)2)23-22(28)25-20(27)13-26-11-5-7-18(26)21-24-17-6-3-4-8-19(17)29-21/h3-4,6,8-10,12,18H,5,7,11,13H2,1-2H3,(H2,23,25,27,28)/t18-/m0/s1. The lowest BCUT2D eigenvalue weighted by Gasteiger charge is -2.21. The summed E-state index contributed by atoms with van der Waals surface area (Å²) in [5, 5.41) is 6.21. The van der Waals surface area contributed by atoms with Crippen LogP contribution in [0.5, 0.6) is 0 Å². The van der Waals surface area contributed by atoms with Crippen molar-refractivity contribution in [1.29, 1.82) is 0 Å². The topological polar surface area (TPSA) is 74.3 Å². The highest BCUT2D eigenvalue weighted by molar-refractivity contribution is 7.18. The number of likely N-dealkylation sites (tertiary alicyclic amines) is 1. The summed E-state index contributed by atoms with van der Waals surface area (Å²) in [4.78, 5) is 31.5. The second-order valence-electron chi connectivity index (χ2n) is 7.45.